The number of carbonyl (C=O) groups excluding carboxylic acids is 1. The first-order valence-electron chi connectivity index (χ1n) is 13.8. The smallest absolute Gasteiger partial charge is 0.268 e. The number of morpholine rings is 1. The number of thiophene rings is 1. The van der Waals surface area contributed by atoms with E-state index in [4.69, 9.17) is 4.74 Å². The summed E-state index contributed by atoms with van der Waals surface area (Å²) >= 11 is 1.44. The second-order valence-electron chi connectivity index (χ2n) is 11.2. The minimum absolute atomic E-state index is 0.0365. The Hall–Kier alpha value is -2.74. The number of fused-ring (bicyclic) bond motifs is 1. The minimum atomic E-state index is -0.279. The van der Waals surface area contributed by atoms with E-state index in [9.17, 15) is 4.79 Å². The van der Waals surface area contributed by atoms with Crippen molar-refractivity contribution in [3.8, 4) is 0 Å². The number of carbonyl (C=O) groups is 1. The molecule has 0 spiro atoms. The number of nitrogens with zero attached hydrogens (tertiary/aromatic N) is 3. The lowest BCUT2D eigenvalue weighted by Gasteiger charge is -2.30. The lowest BCUT2D eigenvalue weighted by molar-refractivity contribution is 0.0988. The highest BCUT2D eigenvalue weighted by Crippen LogP contribution is 2.52. The van der Waals surface area contributed by atoms with Gasteiger partial charge in [0.05, 0.1) is 23.8 Å². The van der Waals surface area contributed by atoms with Crippen LogP contribution in [0.25, 0.3) is 0 Å². The summed E-state index contributed by atoms with van der Waals surface area (Å²) in [5.41, 5.74) is 3.96. The molecule has 5 nitrogen and oxygen atoms in total. The van der Waals surface area contributed by atoms with Crippen LogP contribution in [0.1, 0.15) is 40.6 Å². The molecule has 2 unspecified atom stereocenters. The predicted octanol–water partition coefficient (Wildman–Crippen LogP) is 5.87. The molecule has 2 atom stereocenters. The van der Waals surface area contributed by atoms with Gasteiger partial charge in [0.1, 0.15) is 5.82 Å². The van der Waals surface area contributed by atoms with Crippen LogP contribution in [0.15, 0.2) is 60.0 Å². The number of hydrogen-bond acceptors (Lipinski definition) is 5. The fraction of sp³-hybridized carbons (Fsp3) is 0.452. The van der Waals surface area contributed by atoms with E-state index in [1.807, 2.05) is 39.4 Å². The van der Waals surface area contributed by atoms with Crippen molar-refractivity contribution in [2.45, 2.75) is 26.3 Å². The zero-order chi connectivity index (χ0) is 26.2. The molecule has 0 N–H and O–H groups in total. The molecule has 0 bridgehead atoms. The highest BCUT2D eigenvalue weighted by Gasteiger charge is 2.56. The minimum Gasteiger partial charge on any atom is -0.378 e. The van der Waals surface area contributed by atoms with Crippen LogP contribution in [0.2, 0.25) is 0 Å². The monoisotopic (exact) mass is 533 g/mol. The molecule has 3 fully saturated rings. The highest BCUT2D eigenvalue weighted by atomic mass is 32.1. The largest absolute Gasteiger partial charge is 0.378 e. The predicted molar refractivity (Wildman–Crippen MR) is 152 cm³/mol. The molecule has 0 radical (unpaired) electrons. The summed E-state index contributed by atoms with van der Waals surface area (Å²) in [6.45, 7) is 10.8. The zero-order valence-corrected chi connectivity index (χ0v) is 23.0. The van der Waals surface area contributed by atoms with Crippen molar-refractivity contribution in [1.82, 2.24) is 4.90 Å². The van der Waals surface area contributed by atoms with Gasteiger partial charge in [0, 0.05) is 45.0 Å². The average Bonchev–Trinajstić information content (AvgIpc) is 3.30. The van der Waals surface area contributed by atoms with Gasteiger partial charge in [0.25, 0.3) is 5.91 Å². The molecule has 2 aromatic carbocycles. The molecular weight excluding hydrogens is 497 g/mol. The normalized spacial score (nSPS) is 23.1. The van der Waals surface area contributed by atoms with Crippen LogP contribution in [-0.4, -0.2) is 56.7 Å². The van der Waals surface area contributed by atoms with Gasteiger partial charge in [-0.05, 0) is 64.4 Å². The van der Waals surface area contributed by atoms with Crippen LogP contribution in [0.3, 0.4) is 0 Å². The third-order valence-corrected chi connectivity index (χ3v) is 9.32. The number of amides is 1. The molecule has 6 rings (SSSR count). The van der Waals surface area contributed by atoms with Crippen molar-refractivity contribution in [2.75, 3.05) is 55.7 Å². The summed E-state index contributed by atoms with van der Waals surface area (Å²) in [7, 11) is 0. The van der Waals surface area contributed by atoms with E-state index in [1.165, 1.54) is 22.5 Å². The SMILES string of the molecule is CC(C)c1ccc(CN2CC3C(C2)C3CN(C(=O)c2cccs2)c2ccc(N3CCOCC3)c(F)c2)cc1. The third-order valence-electron chi connectivity index (χ3n) is 8.46. The second-order valence-corrected chi connectivity index (χ2v) is 12.2. The van der Waals surface area contributed by atoms with E-state index >= 15 is 4.39 Å². The maximum absolute atomic E-state index is 15.3. The number of piperidine rings is 1. The van der Waals surface area contributed by atoms with Crippen LogP contribution in [0, 0.1) is 23.6 Å². The molecule has 7 heteroatoms. The van der Waals surface area contributed by atoms with Crippen LogP contribution < -0.4 is 9.80 Å². The first-order chi connectivity index (χ1) is 18.5. The molecule has 38 heavy (non-hydrogen) atoms. The summed E-state index contributed by atoms with van der Waals surface area (Å²) in [6, 6.07) is 18.0. The molecule has 1 amide bonds. The zero-order valence-electron chi connectivity index (χ0n) is 22.2. The quantitative estimate of drug-likeness (QED) is 0.363. The van der Waals surface area contributed by atoms with E-state index in [-0.39, 0.29) is 11.7 Å². The number of benzene rings is 2. The van der Waals surface area contributed by atoms with E-state index in [1.54, 1.807) is 6.07 Å². The van der Waals surface area contributed by atoms with Crippen LogP contribution in [0.5, 0.6) is 0 Å². The lowest BCUT2D eigenvalue weighted by Crippen LogP contribution is -2.37. The van der Waals surface area contributed by atoms with Crippen molar-refractivity contribution < 1.29 is 13.9 Å². The summed E-state index contributed by atoms with van der Waals surface area (Å²) < 4.78 is 20.7. The van der Waals surface area contributed by atoms with Gasteiger partial charge in [-0.15, -0.1) is 11.3 Å². The summed E-state index contributed by atoms with van der Waals surface area (Å²) in [5, 5.41) is 1.92. The average molecular weight is 534 g/mol. The van der Waals surface area contributed by atoms with E-state index in [2.05, 4.69) is 43.0 Å². The van der Waals surface area contributed by atoms with E-state index in [0.717, 1.165) is 19.6 Å². The van der Waals surface area contributed by atoms with Crippen LogP contribution in [0.4, 0.5) is 15.8 Å². The number of hydrogen-bond donors (Lipinski definition) is 0. The van der Waals surface area contributed by atoms with Crippen molar-refractivity contribution in [3.05, 3.63) is 81.8 Å². The maximum Gasteiger partial charge on any atom is 0.268 e. The number of anilines is 2. The Bertz CT molecular complexity index is 1240. The Morgan fingerprint density at radius 1 is 1.08 bits per heavy atom. The van der Waals surface area contributed by atoms with E-state index in [0.29, 0.717) is 72.8 Å². The molecular formula is C31H36FN3O2S. The molecule has 3 aromatic rings. The Morgan fingerprint density at radius 2 is 1.82 bits per heavy atom. The van der Waals surface area contributed by atoms with Crippen molar-refractivity contribution in [3.63, 3.8) is 0 Å². The number of halogens is 1. The van der Waals surface area contributed by atoms with Crippen molar-refractivity contribution in [2.24, 2.45) is 17.8 Å². The molecule has 2 aliphatic heterocycles. The van der Waals surface area contributed by atoms with Gasteiger partial charge >= 0.3 is 0 Å². The highest BCUT2D eigenvalue weighted by molar-refractivity contribution is 7.12. The first kappa shape index (κ1) is 25.5. The Balaban J connectivity index is 1.13. The van der Waals surface area contributed by atoms with Gasteiger partial charge in [-0.1, -0.05) is 44.2 Å². The first-order valence-corrected chi connectivity index (χ1v) is 14.6. The van der Waals surface area contributed by atoms with Gasteiger partial charge in [-0.2, -0.15) is 0 Å². The molecule has 3 heterocycles. The second kappa shape index (κ2) is 10.8. The van der Waals surface area contributed by atoms with Crippen molar-refractivity contribution in [1.29, 1.82) is 0 Å². The molecule has 2 saturated heterocycles. The van der Waals surface area contributed by atoms with Gasteiger partial charge in [0.2, 0.25) is 0 Å². The number of rotatable bonds is 8. The molecule has 1 saturated carbocycles. The number of ether oxygens (including phenoxy) is 1. The maximum atomic E-state index is 15.3. The summed E-state index contributed by atoms with van der Waals surface area (Å²) in [6.07, 6.45) is 0. The third kappa shape index (κ3) is 5.24. The molecule has 1 aliphatic carbocycles. The fourth-order valence-electron chi connectivity index (χ4n) is 6.18. The molecule has 3 aliphatic rings. The van der Waals surface area contributed by atoms with Gasteiger partial charge < -0.3 is 14.5 Å². The summed E-state index contributed by atoms with van der Waals surface area (Å²) in [4.78, 5) is 20.6. The van der Waals surface area contributed by atoms with Gasteiger partial charge in [-0.3, -0.25) is 9.69 Å². The Labute approximate surface area is 228 Å². The van der Waals surface area contributed by atoms with Crippen molar-refractivity contribution >= 4 is 28.6 Å². The number of likely N-dealkylation sites (tertiary alicyclic amines) is 1. The van der Waals surface area contributed by atoms with Crippen LogP contribution in [-0.2, 0) is 11.3 Å². The molecule has 200 valence electrons. The fourth-order valence-corrected chi connectivity index (χ4v) is 6.85. The Morgan fingerprint density at radius 3 is 2.45 bits per heavy atom. The Kier molecular flexibility index (Phi) is 7.25. The topological polar surface area (TPSA) is 36.0 Å². The van der Waals surface area contributed by atoms with Gasteiger partial charge in [-0.25, -0.2) is 4.39 Å². The van der Waals surface area contributed by atoms with Crippen LogP contribution >= 0.6 is 11.3 Å². The van der Waals surface area contributed by atoms with E-state index < -0.39 is 0 Å². The molecule has 1 aromatic heterocycles. The lowest BCUT2D eigenvalue weighted by atomic mass is 10.0. The standard InChI is InChI=1S/C31H36FN3O2S/c1-21(2)23-7-5-22(6-8-23)17-33-18-25-26(19-33)27(25)20-35(31(36)30-4-3-15-38-30)24-9-10-29(28(32)16-24)34-11-13-37-14-12-34/h3-10,15-16,21,25-27H,11-14,17-20H2,1-2H3. The van der Waals surface area contributed by atoms with Gasteiger partial charge in [0.15, 0.2) is 0 Å². The summed E-state index contributed by atoms with van der Waals surface area (Å²) in [5.74, 6) is 1.89.